The van der Waals surface area contributed by atoms with Crippen molar-refractivity contribution in [3.05, 3.63) is 0 Å². The first-order chi connectivity index (χ1) is 9.10. The second kappa shape index (κ2) is 6.44. The Hall–Kier alpha value is -0.290. The second-order valence-electron chi connectivity index (χ2n) is 5.47. The SMILES string of the molecule is CCOC1CC2CCC(OCC)C(F)C2C(F)C1F. The van der Waals surface area contributed by atoms with E-state index >= 15 is 0 Å². The van der Waals surface area contributed by atoms with Crippen LogP contribution in [0, 0.1) is 11.8 Å². The van der Waals surface area contributed by atoms with Crippen molar-refractivity contribution >= 4 is 0 Å². The van der Waals surface area contributed by atoms with Crippen molar-refractivity contribution in [1.29, 1.82) is 0 Å². The molecule has 2 fully saturated rings. The molecule has 2 aliphatic carbocycles. The molecule has 2 aliphatic rings. The van der Waals surface area contributed by atoms with E-state index in [0.717, 1.165) is 0 Å². The number of hydrogen-bond donors (Lipinski definition) is 0. The third kappa shape index (κ3) is 2.92. The second-order valence-corrected chi connectivity index (χ2v) is 5.47. The van der Waals surface area contributed by atoms with E-state index in [9.17, 15) is 13.2 Å². The van der Waals surface area contributed by atoms with E-state index in [1.54, 1.807) is 13.8 Å². The average molecular weight is 280 g/mol. The fraction of sp³-hybridized carbons (Fsp3) is 1.00. The van der Waals surface area contributed by atoms with Crippen LogP contribution >= 0.6 is 0 Å². The first kappa shape index (κ1) is 15.1. The monoisotopic (exact) mass is 280 g/mol. The van der Waals surface area contributed by atoms with E-state index in [-0.39, 0.29) is 5.92 Å². The standard InChI is InChI=1S/C14H23F3O2/c1-3-18-9-6-5-8-7-10(19-4-2)13(16)14(17)11(8)12(9)15/h8-14H,3-7H2,1-2H3. The maximum atomic E-state index is 14.3. The highest BCUT2D eigenvalue weighted by Gasteiger charge is 2.53. The molecular formula is C14H23F3O2. The summed E-state index contributed by atoms with van der Waals surface area (Å²) in [5.41, 5.74) is 0. The maximum absolute atomic E-state index is 14.3. The zero-order chi connectivity index (χ0) is 14.0. The molecule has 0 bridgehead atoms. The van der Waals surface area contributed by atoms with Gasteiger partial charge in [-0.15, -0.1) is 0 Å². The molecule has 0 spiro atoms. The molecule has 5 heteroatoms. The summed E-state index contributed by atoms with van der Waals surface area (Å²) in [7, 11) is 0. The van der Waals surface area contributed by atoms with Gasteiger partial charge in [-0.05, 0) is 39.0 Å². The zero-order valence-corrected chi connectivity index (χ0v) is 11.5. The van der Waals surface area contributed by atoms with Crippen LogP contribution in [-0.4, -0.2) is 43.9 Å². The van der Waals surface area contributed by atoms with Gasteiger partial charge < -0.3 is 9.47 Å². The van der Waals surface area contributed by atoms with Crippen molar-refractivity contribution in [2.45, 2.75) is 63.8 Å². The van der Waals surface area contributed by atoms with Gasteiger partial charge in [-0.2, -0.15) is 0 Å². The molecule has 0 aliphatic heterocycles. The number of rotatable bonds is 4. The summed E-state index contributed by atoms with van der Waals surface area (Å²) in [5, 5.41) is 0. The lowest BCUT2D eigenvalue weighted by molar-refractivity contribution is -0.148. The quantitative estimate of drug-likeness (QED) is 0.787. The highest BCUT2D eigenvalue weighted by atomic mass is 19.2. The lowest BCUT2D eigenvalue weighted by atomic mass is 9.66. The van der Waals surface area contributed by atoms with E-state index in [1.807, 2.05) is 0 Å². The van der Waals surface area contributed by atoms with Crippen LogP contribution < -0.4 is 0 Å². The predicted molar refractivity (Wildman–Crippen MR) is 66.3 cm³/mol. The molecule has 0 aromatic carbocycles. The van der Waals surface area contributed by atoms with Crippen molar-refractivity contribution in [1.82, 2.24) is 0 Å². The van der Waals surface area contributed by atoms with Gasteiger partial charge in [0.1, 0.15) is 12.3 Å². The lowest BCUT2D eigenvalue weighted by Crippen LogP contribution is -2.55. The number of halogens is 3. The summed E-state index contributed by atoms with van der Waals surface area (Å²) in [5.74, 6) is -1.01. The highest BCUT2D eigenvalue weighted by molar-refractivity contribution is 5.01. The summed E-state index contributed by atoms with van der Waals surface area (Å²) >= 11 is 0. The van der Waals surface area contributed by atoms with Crippen molar-refractivity contribution in [2.24, 2.45) is 11.8 Å². The Kier molecular flexibility index (Phi) is 5.12. The van der Waals surface area contributed by atoms with Crippen molar-refractivity contribution in [3.63, 3.8) is 0 Å². The molecule has 7 atom stereocenters. The Balaban J connectivity index is 2.07. The van der Waals surface area contributed by atoms with Gasteiger partial charge in [0.2, 0.25) is 0 Å². The smallest absolute Gasteiger partial charge is 0.157 e. The minimum atomic E-state index is -1.78. The molecule has 0 aromatic heterocycles. The number of alkyl halides is 3. The molecule has 0 amide bonds. The highest BCUT2D eigenvalue weighted by Crippen LogP contribution is 2.46. The number of fused-ring (bicyclic) bond motifs is 1. The zero-order valence-electron chi connectivity index (χ0n) is 11.5. The van der Waals surface area contributed by atoms with Gasteiger partial charge in [-0.1, -0.05) is 0 Å². The molecule has 0 N–H and O–H groups in total. The lowest BCUT2D eigenvalue weighted by Gasteiger charge is -2.46. The van der Waals surface area contributed by atoms with Crippen molar-refractivity contribution in [3.8, 4) is 0 Å². The molecule has 2 rings (SSSR count). The first-order valence-electron chi connectivity index (χ1n) is 7.25. The third-order valence-corrected chi connectivity index (χ3v) is 4.41. The van der Waals surface area contributed by atoms with E-state index in [2.05, 4.69) is 0 Å². The Morgan fingerprint density at radius 3 is 2.11 bits per heavy atom. The summed E-state index contributed by atoms with van der Waals surface area (Å²) in [6, 6.07) is 0. The summed E-state index contributed by atoms with van der Waals surface area (Å²) < 4.78 is 53.1. The van der Waals surface area contributed by atoms with E-state index in [4.69, 9.17) is 9.47 Å². The normalized spacial score (nSPS) is 46.9. The molecule has 2 nitrogen and oxygen atoms in total. The minimum absolute atomic E-state index is 0.134. The van der Waals surface area contributed by atoms with Crippen LogP contribution in [0.3, 0.4) is 0 Å². The summed E-state index contributed by atoms with van der Waals surface area (Å²) in [6.07, 6.45) is -4.54. The van der Waals surface area contributed by atoms with Crippen LogP contribution in [0.15, 0.2) is 0 Å². The summed E-state index contributed by atoms with van der Waals surface area (Å²) in [6.45, 7) is 4.31. The third-order valence-electron chi connectivity index (χ3n) is 4.41. The molecule has 2 saturated carbocycles. The van der Waals surface area contributed by atoms with Crippen LogP contribution in [0.1, 0.15) is 33.1 Å². The van der Waals surface area contributed by atoms with Crippen LogP contribution in [0.5, 0.6) is 0 Å². The fourth-order valence-corrected chi connectivity index (χ4v) is 3.56. The van der Waals surface area contributed by atoms with Crippen molar-refractivity contribution in [2.75, 3.05) is 13.2 Å². The topological polar surface area (TPSA) is 18.5 Å². The van der Waals surface area contributed by atoms with Crippen molar-refractivity contribution < 1.29 is 22.6 Å². The van der Waals surface area contributed by atoms with Gasteiger partial charge in [0.05, 0.1) is 12.2 Å². The molecule has 19 heavy (non-hydrogen) atoms. The molecule has 0 radical (unpaired) electrons. The van der Waals surface area contributed by atoms with Gasteiger partial charge in [0, 0.05) is 19.1 Å². The molecular weight excluding hydrogens is 257 g/mol. The van der Waals surface area contributed by atoms with E-state index < -0.39 is 36.6 Å². The largest absolute Gasteiger partial charge is 0.375 e. The molecule has 0 saturated heterocycles. The number of ether oxygens (including phenoxy) is 2. The van der Waals surface area contributed by atoms with Gasteiger partial charge in [-0.3, -0.25) is 0 Å². The van der Waals surface area contributed by atoms with Crippen LogP contribution in [0.4, 0.5) is 13.2 Å². The Bertz CT molecular complexity index is 288. The number of hydrogen-bond acceptors (Lipinski definition) is 2. The fourth-order valence-electron chi connectivity index (χ4n) is 3.56. The van der Waals surface area contributed by atoms with E-state index in [1.165, 1.54) is 0 Å². The molecule has 0 aromatic rings. The summed E-state index contributed by atoms with van der Waals surface area (Å²) in [4.78, 5) is 0. The average Bonchev–Trinajstić information content (AvgIpc) is 2.39. The van der Waals surface area contributed by atoms with Gasteiger partial charge in [-0.25, -0.2) is 13.2 Å². The first-order valence-corrected chi connectivity index (χ1v) is 7.25. The van der Waals surface area contributed by atoms with Crippen LogP contribution in [0.2, 0.25) is 0 Å². The molecule has 0 heterocycles. The Morgan fingerprint density at radius 1 is 0.842 bits per heavy atom. The Morgan fingerprint density at radius 2 is 1.47 bits per heavy atom. The predicted octanol–water partition coefficient (Wildman–Crippen LogP) is 3.24. The maximum Gasteiger partial charge on any atom is 0.157 e. The van der Waals surface area contributed by atoms with Crippen LogP contribution in [-0.2, 0) is 9.47 Å². The van der Waals surface area contributed by atoms with Gasteiger partial charge >= 0.3 is 0 Å². The van der Waals surface area contributed by atoms with Gasteiger partial charge in [0.25, 0.3) is 0 Å². The van der Waals surface area contributed by atoms with Gasteiger partial charge in [0.15, 0.2) is 6.17 Å². The minimum Gasteiger partial charge on any atom is -0.375 e. The van der Waals surface area contributed by atoms with Crippen LogP contribution in [0.25, 0.3) is 0 Å². The van der Waals surface area contributed by atoms with E-state index in [0.29, 0.717) is 32.5 Å². The Labute approximate surface area is 112 Å². The molecule has 7 unspecified atom stereocenters. The molecule has 112 valence electrons.